The van der Waals surface area contributed by atoms with E-state index in [1.165, 1.54) is 33.2 Å². The van der Waals surface area contributed by atoms with Crippen LogP contribution in [-0.4, -0.2) is 4.98 Å². The van der Waals surface area contributed by atoms with Gasteiger partial charge in [-0.25, -0.2) is 0 Å². The van der Waals surface area contributed by atoms with Crippen LogP contribution in [0.5, 0.6) is 0 Å². The molecule has 2 rings (SSSR count). The van der Waals surface area contributed by atoms with E-state index in [9.17, 15) is 0 Å². The van der Waals surface area contributed by atoms with E-state index in [1.807, 2.05) is 6.20 Å². The zero-order valence-corrected chi connectivity index (χ0v) is 10.1. The molecule has 0 fully saturated rings. The molecule has 0 aliphatic heterocycles. The SMILES string of the molecule is Cc1cc2c(C)c(C)cnc2c(C)c1C. The Balaban J connectivity index is 2.98. The summed E-state index contributed by atoms with van der Waals surface area (Å²) in [5.41, 5.74) is 7.81. The molecule has 0 amide bonds. The van der Waals surface area contributed by atoms with E-state index >= 15 is 0 Å². The molecule has 0 saturated heterocycles. The van der Waals surface area contributed by atoms with Gasteiger partial charge in [-0.15, -0.1) is 0 Å². The van der Waals surface area contributed by atoms with Gasteiger partial charge >= 0.3 is 0 Å². The van der Waals surface area contributed by atoms with E-state index in [4.69, 9.17) is 0 Å². The molecule has 0 aliphatic carbocycles. The highest BCUT2D eigenvalue weighted by Crippen LogP contribution is 2.26. The summed E-state index contributed by atoms with van der Waals surface area (Å²) >= 11 is 0. The molecule has 15 heavy (non-hydrogen) atoms. The number of aryl methyl sites for hydroxylation is 4. The van der Waals surface area contributed by atoms with Crippen LogP contribution in [0.2, 0.25) is 0 Å². The highest BCUT2D eigenvalue weighted by molar-refractivity contribution is 5.87. The highest BCUT2D eigenvalue weighted by atomic mass is 14.7. The maximum atomic E-state index is 4.54. The maximum Gasteiger partial charge on any atom is 0.0736 e. The van der Waals surface area contributed by atoms with Crippen molar-refractivity contribution >= 4 is 10.9 Å². The zero-order valence-electron chi connectivity index (χ0n) is 10.1. The van der Waals surface area contributed by atoms with Crippen LogP contribution in [0, 0.1) is 34.6 Å². The number of hydrogen-bond donors (Lipinski definition) is 0. The summed E-state index contributed by atoms with van der Waals surface area (Å²) < 4.78 is 0. The number of benzene rings is 1. The smallest absolute Gasteiger partial charge is 0.0736 e. The van der Waals surface area contributed by atoms with Gasteiger partial charge in [-0.05, 0) is 68.5 Å². The average Bonchev–Trinajstić information content (AvgIpc) is 2.21. The third-order valence-electron chi connectivity index (χ3n) is 3.51. The Bertz CT molecular complexity index is 539. The summed E-state index contributed by atoms with van der Waals surface area (Å²) in [6.07, 6.45) is 1.97. The fourth-order valence-electron chi connectivity index (χ4n) is 1.99. The Morgan fingerprint density at radius 3 is 2.13 bits per heavy atom. The maximum absolute atomic E-state index is 4.54. The number of rotatable bonds is 0. The van der Waals surface area contributed by atoms with Gasteiger partial charge in [0.05, 0.1) is 5.52 Å². The van der Waals surface area contributed by atoms with Gasteiger partial charge in [0.2, 0.25) is 0 Å². The largest absolute Gasteiger partial charge is 0.256 e. The molecular weight excluding hydrogens is 182 g/mol. The molecule has 78 valence electrons. The van der Waals surface area contributed by atoms with E-state index in [0.29, 0.717) is 0 Å². The summed E-state index contributed by atoms with van der Waals surface area (Å²) in [4.78, 5) is 4.54. The number of pyridine rings is 1. The molecule has 1 aromatic carbocycles. The molecule has 0 saturated carbocycles. The third kappa shape index (κ3) is 1.43. The van der Waals surface area contributed by atoms with Gasteiger partial charge < -0.3 is 0 Å². The number of hydrogen-bond acceptors (Lipinski definition) is 1. The molecule has 0 aliphatic rings. The fraction of sp³-hybridized carbons (Fsp3) is 0.357. The van der Waals surface area contributed by atoms with E-state index in [1.54, 1.807) is 0 Å². The molecule has 0 unspecified atom stereocenters. The average molecular weight is 199 g/mol. The van der Waals surface area contributed by atoms with Crippen molar-refractivity contribution in [3.63, 3.8) is 0 Å². The molecule has 0 atom stereocenters. The lowest BCUT2D eigenvalue weighted by atomic mass is 9.96. The molecular formula is C14H17N. The molecule has 1 nitrogen and oxygen atoms in total. The normalized spacial score (nSPS) is 11.0. The molecule has 2 aromatic rings. The summed E-state index contributed by atoms with van der Waals surface area (Å²) in [5, 5.41) is 1.30. The summed E-state index contributed by atoms with van der Waals surface area (Å²) in [7, 11) is 0. The minimum absolute atomic E-state index is 1.15. The van der Waals surface area contributed by atoms with E-state index in [2.05, 4.69) is 45.7 Å². The Hall–Kier alpha value is -1.37. The van der Waals surface area contributed by atoms with Crippen LogP contribution in [0.4, 0.5) is 0 Å². The highest BCUT2D eigenvalue weighted by Gasteiger charge is 2.08. The lowest BCUT2D eigenvalue weighted by Crippen LogP contribution is -1.94. The van der Waals surface area contributed by atoms with Crippen LogP contribution >= 0.6 is 0 Å². The van der Waals surface area contributed by atoms with Crippen molar-refractivity contribution in [2.45, 2.75) is 34.6 Å². The summed E-state index contributed by atoms with van der Waals surface area (Å²) in [6.45, 7) is 10.8. The Morgan fingerprint density at radius 1 is 0.800 bits per heavy atom. The Kier molecular flexibility index (Phi) is 2.26. The molecule has 1 aromatic heterocycles. The standard InChI is InChI=1S/C14H17N/c1-8-6-13-11(4)9(2)7-15-14(13)12(5)10(8)3/h6-7H,1-5H3. The molecule has 1 heteroatoms. The summed E-state index contributed by atoms with van der Waals surface area (Å²) in [5.74, 6) is 0. The van der Waals surface area contributed by atoms with Crippen molar-refractivity contribution < 1.29 is 0 Å². The van der Waals surface area contributed by atoms with Crippen molar-refractivity contribution in [1.82, 2.24) is 4.98 Å². The Morgan fingerprint density at radius 2 is 1.47 bits per heavy atom. The first-order chi connectivity index (χ1) is 7.02. The topological polar surface area (TPSA) is 12.9 Å². The molecule has 0 bridgehead atoms. The van der Waals surface area contributed by atoms with Crippen LogP contribution in [0.25, 0.3) is 10.9 Å². The van der Waals surface area contributed by atoms with Crippen molar-refractivity contribution in [3.8, 4) is 0 Å². The van der Waals surface area contributed by atoms with Crippen molar-refractivity contribution in [3.05, 3.63) is 40.1 Å². The quantitative estimate of drug-likeness (QED) is 0.629. The lowest BCUT2D eigenvalue weighted by molar-refractivity contribution is 1.22. The number of nitrogens with zero attached hydrogens (tertiary/aromatic N) is 1. The van der Waals surface area contributed by atoms with Crippen LogP contribution in [0.3, 0.4) is 0 Å². The second-order valence-corrected chi connectivity index (χ2v) is 4.41. The third-order valence-corrected chi connectivity index (χ3v) is 3.51. The number of aromatic nitrogens is 1. The fourth-order valence-corrected chi connectivity index (χ4v) is 1.99. The van der Waals surface area contributed by atoms with Gasteiger partial charge in [0.25, 0.3) is 0 Å². The first-order valence-corrected chi connectivity index (χ1v) is 5.35. The minimum Gasteiger partial charge on any atom is -0.256 e. The van der Waals surface area contributed by atoms with Gasteiger partial charge in [0.15, 0.2) is 0 Å². The van der Waals surface area contributed by atoms with Crippen molar-refractivity contribution in [2.75, 3.05) is 0 Å². The van der Waals surface area contributed by atoms with Crippen molar-refractivity contribution in [2.24, 2.45) is 0 Å². The van der Waals surface area contributed by atoms with Gasteiger partial charge in [0.1, 0.15) is 0 Å². The first-order valence-electron chi connectivity index (χ1n) is 5.35. The second-order valence-electron chi connectivity index (χ2n) is 4.41. The summed E-state index contributed by atoms with van der Waals surface area (Å²) in [6, 6.07) is 2.26. The monoisotopic (exact) mass is 199 g/mol. The van der Waals surface area contributed by atoms with E-state index in [-0.39, 0.29) is 0 Å². The molecule has 0 radical (unpaired) electrons. The van der Waals surface area contributed by atoms with E-state index < -0.39 is 0 Å². The zero-order chi connectivity index (χ0) is 11.2. The molecule has 0 spiro atoms. The van der Waals surface area contributed by atoms with Crippen LogP contribution < -0.4 is 0 Å². The van der Waals surface area contributed by atoms with Crippen LogP contribution in [0.15, 0.2) is 12.3 Å². The van der Waals surface area contributed by atoms with Crippen LogP contribution in [0.1, 0.15) is 27.8 Å². The molecule has 1 heterocycles. The minimum atomic E-state index is 1.15. The van der Waals surface area contributed by atoms with Gasteiger partial charge in [-0.2, -0.15) is 0 Å². The van der Waals surface area contributed by atoms with E-state index in [0.717, 1.165) is 5.52 Å². The van der Waals surface area contributed by atoms with Gasteiger partial charge in [-0.1, -0.05) is 0 Å². The van der Waals surface area contributed by atoms with Gasteiger partial charge in [-0.3, -0.25) is 4.98 Å². The lowest BCUT2D eigenvalue weighted by Gasteiger charge is -2.11. The van der Waals surface area contributed by atoms with Crippen LogP contribution in [-0.2, 0) is 0 Å². The predicted octanol–water partition coefficient (Wildman–Crippen LogP) is 3.78. The molecule has 0 N–H and O–H groups in total. The predicted molar refractivity (Wildman–Crippen MR) is 65.4 cm³/mol. The Labute approximate surface area is 91.2 Å². The van der Waals surface area contributed by atoms with Crippen molar-refractivity contribution in [1.29, 1.82) is 0 Å². The van der Waals surface area contributed by atoms with Gasteiger partial charge in [0, 0.05) is 11.6 Å². The second kappa shape index (κ2) is 3.34. The first kappa shape index (κ1) is 10.2. The number of fused-ring (bicyclic) bond motifs is 1.